The van der Waals surface area contributed by atoms with Crippen LogP contribution in [0.25, 0.3) is 0 Å². The summed E-state index contributed by atoms with van der Waals surface area (Å²) in [6.07, 6.45) is 2.18. The van der Waals surface area contributed by atoms with Gasteiger partial charge in [-0.1, -0.05) is 31.2 Å². The molecule has 1 amide bonds. The topological polar surface area (TPSA) is 76.2 Å². The molecule has 6 nitrogen and oxygen atoms in total. The van der Waals surface area contributed by atoms with E-state index < -0.39 is 0 Å². The lowest BCUT2D eigenvalue weighted by atomic mass is 9.91. The van der Waals surface area contributed by atoms with Crippen LogP contribution in [0.2, 0.25) is 0 Å². The highest BCUT2D eigenvalue weighted by molar-refractivity contribution is 6.19. The first-order chi connectivity index (χ1) is 14.2. The van der Waals surface area contributed by atoms with Crippen LogP contribution in [0.3, 0.4) is 0 Å². The molecule has 2 aromatic carbocycles. The molecule has 6 heteroatoms. The Morgan fingerprint density at radius 2 is 1.76 bits per heavy atom. The molecule has 1 aliphatic rings. The number of rotatable bonds is 4. The molecule has 146 valence electrons. The number of nitrogens with zero attached hydrogens (tertiary/aromatic N) is 2. The summed E-state index contributed by atoms with van der Waals surface area (Å²) >= 11 is 0. The largest absolute Gasteiger partial charge is 0.497 e. The van der Waals surface area contributed by atoms with Crippen molar-refractivity contribution < 1.29 is 13.9 Å². The number of amides is 1. The SMILES string of the molecule is CCC1=Nc2ccccc2N=C(NC(=O)c2ccco2)C1c1ccc(OC)cc1. The predicted molar refractivity (Wildman–Crippen MR) is 113 cm³/mol. The number of methoxy groups -OCH3 is 1. The molecule has 0 aliphatic carbocycles. The van der Waals surface area contributed by atoms with Gasteiger partial charge in [-0.25, -0.2) is 4.99 Å². The van der Waals surface area contributed by atoms with E-state index in [4.69, 9.17) is 19.1 Å². The molecular formula is C23H21N3O3. The molecule has 0 spiro atoms. The fourth-order valence-electron chi connectivity index (χ4n) is 3.34. The van der Waals surface area contributed by atoms with Crippen molar-refractivity contribution in [1.29, 1.82) is 0 Å². The highest BCUT2D eigenvalue weighted by Gasteiger charge is 2.28. The predicted octanol–water partition coefficient (Wildman–Crippen LogP) is 5.03. The van der Waals surface area contributed by atoms with Crippen LogP contribution in [0.5, 0.6) is 5.75 Å². The maximum absolute atomic E-state index is 12.7. The number of ether oxygens (including phenoxy) is 1. The molecule has 4 rings (SSSR count). The fourth-order valence-corrected chi connectivity index (χ4v) is 3.34. The van der Waals surface area contributed by atoms with Gasteiger partial charge in [-0.2, -0.15) is 0 Å². The molecule has 1 unspecified atom stereocenters. The Balaban J connectivity index is 1.82. The van der Waals surface area contributed by atoms with E-state index >= 15 is 0 Å². The lowest BCUT2D eigenvalue weighted by Gasteiger charge is -2.20. The van der Waals surface area contributed by atoms with Gasteiger partial charge in [0.1, 0.15) is 11.6 Å². The Kier molecular flexibility index (Phi) is 5.24. The van der Waals surface area contributed by atoms with Crippen molar-refractivity contribution in [2.75, 3.05) is 7.11 Å². The minimum atomic E-state index is -0.345. The van der Waals surface area contributed by atoms with E-state index in [0.29, 0.717) is 17.9 Å². The van der Waals surface area contributed by atoms with Gasteiger partial charge in [0, 0.05) is 5.71 Å². The molecule has 3 aromatic rings. The van der Waals surface area contributed by atoms with Crippen molar-refractivity contribution in [1.82, 2.24) is 5.32 Å². The number of fused-ring (bicyclic) bond motifs is 1. The van der Waals surface area contributed by atoms with Gasteiger partial charge in [0.2, 0.25) is 0 Å². The monoisotopic (exact) mass is 387 g/mol. The number of hydrogen-bond donors (Lipinski definition) is 1. The third-order valence-electron chi connectivity index (χ3n) is 4.79. The van der Waals surface area contributed by atoms with E-state index in [0.717, 1.165) is 22.7 Å². The number of benzene rings is 2. The van der Waals surface area contributed by atoms with Gasteiger partial charge in [-0.3, -0.25) is 9.79 Å². The molecule has 1 atom stereocenters. The molecule has 0 saturated carbocycles. The number of carbonyl (C=O) groups is 1. The molecule has 0 radical (unpaired) electrons. The van der Waals surface area contributed by atoms with Crippen LogP contribution in [0, 0.1) is 0 Å². The summed E-state index contributed by atoms with van der Waals surface area (Å²) in [5, 5.41) is 2.95. The summed E-state index contributed by atoms with van der Waals surface area (Å²) in [5.41, 5.74) is 3.38. The van der Waals surface area contributed by atoms with E-state index in [1.807, 2.05) is 48.5 Å². The second-order valence-electron chi connectivity index (χ2n) is 6.58. The van der Waals surface area contributed by atoms with Gasteiger partial charge in [-0.05, 0) is 48.4 Å². The molecular weight excluding hydrogens is 366 g/mol. The van der Waals surface area contributed by atoms with Gasteiger partial charge in [-0.15, -0.1) is 0 Å². The summed E-state index contributed by atoms with van der Waals surface area (Å²) < 4.78 is 10.5. The molecule has 1 N–H and O–H groups in total. The Hall–Kier alpha value is -3.67. The van der Waals surface area contributed by atoms with Gasteiger partial charge in [0.15, 0.2) is 5.76 Å². The quantitative estimate of drug-likeness (QED) is 0.682. The number of furan rings is 1. The van der Waals surface area contributed by atoms with Crippen LogP contribution in [-0.4, -0.2) is 24.6 Å². The van der Waals surface area contributed by atoms with E-state index in [9.17, 15) is 4.79 Å². The molecule has 0 saturated heterocycles. The summed E-state index contributed by atoms with van der Waals surface area (Å²) in [7, 11) is 1.63. The van der Waals surface area contributed by atoms with Crippen LogP contribution in [0.4, 0.5) is 11.4 Å². The van der Waals surface area contributed by atoms with Crippen LogP contribution in [0.1, 0.15) is 35.4 Å². The van der Waals surface area contributed by atoms with E-state index in [1.165, 1.54) is 6.26 Å². The number of aliphatic imine (C=N–C) groups is 2. The van der Waals surface area contributed by atoms with Crippen molar-refractivity contribution in [3.63, 3.8) is 0 Å². The van der Waals surface area contributed by atoms with Crippen molar-refractivity contribution in [3.8, 4) is 5.75 Å². The first kappa shape index (κ1) is 18.7. The van der Waals surface area contributed by atoms with Crippen molar-refractivity contribution >= 4 is 28.8 Å². The highest BCUT2D eigenvalue weighted by Crippen LogP contribution is 2.35. The minimum Gasteiger partial charge on any atom is -0.497 e. The lowest BCUT2D eigenvalue weighted by molar-refractivity contribution is 0.0949. The summed E-state index contributed by atoms with van der Waals surface area (Å²) in [4.78, 5) is 22.4. The number of amidine groups is 1. The minimum absolute atomic E-state index is 0.230. The highest BCUT2D eigenvalue weighted by atomic mass is 16.5. The van der Waals surface area contributed by atoms with Crippen LogP contribution in [0.15, 0.2) is 81.3 Å². The second-order valence-corrected chi connectivity index (χ2v) is 6.58. The third kappa shape index (κ3) is 3.82. The zero-order chi connectivity index (χ0) is 20.2. The average Bonchev–Trinajstić information content (AvgIpc) is 3.24. The van der Waals surface area contributed by atoms with Gasteiger partial charge >= 0.3 is 0 Å². The average molecular weight is 387 g/mol. The van der Waals surface area contributed by atoms with E-state index in [-0.39, 0.29) is 17.6 Å². The summed E-state index contributed by atoms with van der Waals surface area (Å²) in [6, 6.07) is 18.7. The molecule has 1 aliphatic heterocycles. The van der Waals surface area contributed by atoms with Gasteiger partial charge < -0.3 is 14.5 Å². The van der Waals surface area contributed by atoms with Gasteiger partial charge in [0.05, 0.1) is 30.7 Å². The third-order valence-corrected chi connectivity index (χ3v) is 4.79. The molecule has 29 heavy (non-hydrogen) atoms. The van der Waals surface area contributed by atoms with Crippen LogP contribution < -0.4 is 10.1 Å². The van der Waals surface area contributed by atoms with Crippen LogP contribution >= 0.6 is 0 Å². The number of hydrogen-bond acceptors (Lipinski definition) is 5. The lowest BCUT2D eigenvalue weighted by Crippen LogP contribution is -2.37. The second kappa shape index (κ2) is 8.14. The molecule has 2 heterocycles. The Bertz CT molecular complexity index is 1070. The number of para-hydroxylation sites is 2. The molecule has 0 fully saturated rings. The zero-order valence-electron chi connectivity index (χ0n) is 16.3. The zero-order valence-corrected chi connectivity index (χ0v) is 16.3. The Morgan fingerprint density at radius 3 is 2.38 bits per heavy atom. The molecule has 0 bridgehead atoms. The normalized spacial score (nSPS) is 15.6. The van der Waals surface area contributed by atoms with Gasteiger partial charge in [0.25, 0.3) is 5.91 Å². The first-order valence-corrected chi connectivity index (χ1v) is 9.43. The van der Waals surface area contributed by atoms with Crippen molar-refractivity contribution in [3.05, 3.63) is 78.3 Å². The van der Waals surface area contributed by atoms with Crippen LogP contribution in [-0.2, 0) is 0 Å². The van der Waals surface area contributed by atoms with E-state index in [2.05, 4.69) is 12.2 Å². The first-order valence-electron chi connectivity index (χ1n) is 9.43. The smallest absolute Gasteiger partial charge is 0.292 e. The number of nitrogens with one attached hydrogen (secondary N) is 1. The fraction of sp³-hybridized carbons (Fsp3) is 0.174. The Labute approximate surface area is 169 Å². The Morgan fingerprint density at radius 1 is 1.03 bits per heavy atom. The molecule has 1 aromatic heterocycles. The standard InChI is InChI=1S/C23H21N3O3/c1-3-17-21(15-10-12-16(28-2)13-11-15)22(26-23(27)20-9-6-14-29-20)25-19-8-5-4-7-18(19)24-17/h4-14,21H,3H2,1-2H3,(H,25,26,27). The maximum Gasteiger partial charge on any atom is 0.292 e. The summed E-state index contributed by atoms with van der Waals surface area (Å²) in [6.45, 7) is 2.05. The maximum atomic E-state index is 12.7. The summed E-state index contributed by atoms with van der Waals surface area (Å²) in [5.74, 6) is 0.869. The van der Waals surface area contributed by atoms with E-state index in [1.54, 1.807) is 19.2 Å². The van der Waals surface area contributed by atoms with Crippen molar-refractivity contribution in [2.45, 2.75) is 19.3 Å². The van der Waals surface area contributed by atoms with Crippen molar-refractivity contribution in [2.24, 2.45) is 9.98 Å². The number of carbonyl (C=O) groups excluding carboxylic acids is 1.